The molecule has 1 aromatic heterocycles. The second-order valence-electron chi connectivity index (χ2n) is 7.40. The van der Waals surface area contributed by atoms with Crippen molar-refractivity contribution >= 4 is 45.7 Å². The molecule has 3 aromatic rings. The number of nitrogens with one attached hydrogen (secondary N) is 1. The normalized spacial score (nSPS) is 11.3. The molecule has 0 aliphatic heterocycles. The van der Waals surface area contributed by atoms with E-state index < -0.39 is 0 Å². The average molecular weight is 448 g/mol. The molecule has 5 nitrogen and oxygen atoms in total. The number of hydrogen-bond acceptors (Lipinski definition) is 6. The van der Waals surface area contributed by atoms with Crippen LogP contribution >= 0.6 is 34.7 Å². The first-order valence-electron chi connectivity index (χ1n) is 9.03. The first-order valence-corrected chi connectivity index (χ1v) is 11.2. The molecule has 1 amide bonds. The molecule has 152 valence electrons. The van der Waals surface area contributed by atoms with E-state index in [1.807, 2.05) is 48.5 Å². The fourth-order valence-electron chi connectivity index (χ4n) is 2.40. The van der Waals surface area contributed by atoms with Crippen molar-refractivity contribution in [3.63, 3.8) is 0 Å². The molecule has 0 aliphatic carbocycles. The quantitative estimate of drug-likeness (QED) is 0.366. The Hall–Kier alpha value is -2.09. The number of halogens is 1. The van der Waals surface area contributed by atoms with Crippen LogP contribution in [0.4, 0.5) is 5.13 Å². The van der Waals surface area contributed by atoms with Gasteiger partial charge in [-0.3, -0.25) is 10.1 Å². The van der Waals surface area contributed by atoms with Gasteiger partial charge in [-0.25, -0.2) is 0 Å². The van der Waals surface area contributed by atoms with E-state index in [0.717, 1.165) is 15.7 Å². The number of thioether (sulfide) groups is 1. The maximum absolute atomic E-state index is 12.1. The van der Waals surface area contributed by atoms with Gasteiger partial charge in [-0.1, -0.05) is 79.7 Å². The van der Waals surface area contributed by atoms with Crippen molar-refractivity contribution in [2.75, 3.05) is 11.9 Å². The van der Waals surface area contributed by atoms with Crippen molar-refractivity contribution in [3.8, 4) is 5.75 Å². The zero-order chi connectivity index (χ0) is 20.9. The minimum absolute atomic E-state index is 0.0804. The third-order valence-corrected chi connectivity index (χ3v) is 6.31. The van der Waals surface area contributed by atoms with Gasteiger partial charge < -0.3 is 4.74 Å². The summed E-state index contributed by atoms with van der Waals surface area (Å²) in [4.78, 5) is 12.1. The van der Waals surface area contributed by atoms with Gasteiger partial charge in [0.25, 0.3) is 5.91 Å². The highest BCUT2D eigenvalue weighted by atomic mass is 35.5. The molecule has 29 heavy (non-hydrogen) atoms. The van der Waals surface area contributed by atoms with Crippen molar-refractivity contribution in [2.45, 2.75) is 36.3 Å². The molecule has 8 heteroatoms. The fourth-order valence-corrected chi connectivity index (χ4v) is 4.25. The van der Waals surface area contributed by atoms with Gasteiger partial charge in [-0.2, -0.15) is 0 Å². The van der Waals surface area contributed by atoms with Gasteiger partial charge in [0.2, 0.25) is 5.13 Å². The molecule has 1 N–H and O–H groups in total. The Morgan fingerprint density at radius 2 is 1.79 bits per heavy atom. The maximum atomic E-state index is 12.1. The zero-order valence-electron chi connectivity index (χ0n) is 16.4. The van der Waals surface area contributed by atoms with Gasteiger partial charge in [0, 0.05) is 10.8 Å². The molecule has 0 aliphatic rings. The van der Waals surface area contributed by atoms with Crippen molar-refractivity contribution in [2.24, 2.45) is 0 Å². The number of carbonyl (C=O) groups excluding carboxylic acids is 1. The van der Waals surface area contributed by atoms with Crippen molar-refractivity contribution in [1.29, 1.82) is 0 Å². The third-order valence-electron chi connectivity index (χ3n) is 4.02. The summed E-state index contributed by atoms with van der Waals surface area (Å²) in [5.41, 5.74) is 2.44. The maximum Gasteiger partial charge on any atom is 0.264 e. The molecule has 0 atom stereocenters. The topological polar surface area (TPSA) is 64.1 Å². The second kappa shape index (κ2) is 9.61. The summed E-state index contributed by atoms with van der Waals surface area (Å²) >= 11 is 8.79. The summed E-state index contributed by atoms with van der Waals surface area (Å²) in [5, 5.41) is 12.0. The third kappa shape index (κ3) is 6.73. The molecule has 2 aromatic carbocycles. The largest absolute Gasteiger partial charge is 0.484 e. The van der Waals surface area contributed by atoms with Gasteiger partial charge in [0.05, 0.1) is 0 Å². The number of rotatable bonds is 7. The molecule has 1 heterocycles. The first-order chi connectivity index (χ1) is 13.8. The second-order valence-corrected chi connectivity index (χ2v) is 10.0. The lowest BCUT2D eigenvalue weighted by atomic mass is 9.87. The van der Waals surface area contributed by atoms with Crippen LogP contribution in [-0.4, -0.2) is 22.7 Å². The van der Waals surface area contributed by atoms with E-state index in [9.17, 15) is 4.79 Å². The molecule has 0 bridgehead atoms. The SMILES string of the molecule is CC(C)(C)c1ccc(OCC(=O)Nc2nnc(SCc3ccc(Cl)cc3)s2)cc1. The molecular weight excluding hydrogens is 426 g/mol. The van der Waals surface area contributed by atoms with E-state index >= 15 is 0 Å². The van der Waals surface area contributed by atoms with E-state index in [1.54, 1.807) is 11.8 Å². The summed E-state index contributed by atoms with van der Waals surface area (Å²) in [5.74, 6) is 1.15. The number of anilines is 1. The predicted octanol–water partition coefficient (Wildman–Crippen LogP) is 5.80. The van der Waals surface area contributed by atoms with Crippen molar-refractivity contribution in [1.82, 2.24) is 10.2 Å². The standard InChI is InChI=1S/C21H22ClN3O2S2/c1-21(2,3)15-6-10-17(11-7-15)27-12-18(26)23-19-24-25-20(29-19)28-13-14-4-8-16(22)9-5-14/h4-11H,12-13H2,1-3H3,(H,23,24,26). The average Bonchev–Trinajstić information content (AvgIpc) is 3.13. The van der Waals surface area contributed by atoms with Gasteiger partial charge in [-0.05, 0) is 40.8 Å². The van der Waals surface area contributed by atoms with Crippen LogP contribution in [0.25, 0.3) is 0 Å². The van der Waals surface area contributed by atoms with Gasteiger partial charge in [0.1, 0.15) is 5.75 Å². The van der Waals surface area contributed by atoms with Crippen LogP contribution in [0.5, 0.6) is 5.75 Å². The first kappa shape index (κ1) is 21.6. The molecule has 0 unspecified atom stereocenters. The Bertz CT molecular complexity index is 951. The van der Waals surface area contributed by atoms with Crippen LogP contribution < -0.4 is 10.1 Å². The number of carbonyl (C=O) groups is 1. The number of aromatic nitrogens is 2. The molecule has 0 radical (unpaired) electrons. The van der Waals surface area contributed by atoms with Gasteiger partial charge in [-0.15, -0.1) is 10.2 Å². The minimum Gasteiger partial charge on any atom is -0.484 e. The molecular formula is C21H22ClN3O2S2. The smallest absolute Gasteiger partial charge is 0.264 e. The van der Waals surface area contributed by atoms with Crippen LogP contribution in [0.15, 0.2) is 52.9 Å². The molecule has 3 rings (SSSR count). The summed E-state index contributed by atoms with van der Waals surface area (Å²) < 4.78 is 6.34. The highest BCUT2D eigenvalue weighted by molar-refractivity contribution is 8.00. The van der Waals surface area contributed by atoms with Gasteiger partial charge >= 0.3 is 0 Å². The Morgan fingerprint density at radius 3 is 2.45 bits per heavy atom. The summed E-state index contributed by atoms with van der Waals surface area (Å²) in [7, 11) is 0. The van der Waals surface area contributed by atoms with Crippen molar-refractivity contribution < 1.29 is 9.53 Å². The van der Waals surface area contributed by atoms with Crippen LogP contribution in [0.3, 0.4) is 0 Å². The molecule has 0 fully saturated rings. The Labute approximate surface area is 183 Å². The summed E-state index contributed by atoms with van der Waals surface area (Å²) in [6.07, 6.45) is 0. The zero-order valence-corrected chi connectivity index (χ0v) is 18.8. The fraction of sp³-hybridized carbons (Fsp3) is 0.286. The lowest BCUT2D eigenvalue weighted by molar-refractivity contribution is -0.118. The van der Waals surface area contributed by atoms with Crippen molar-refractivity contribution in [3.05, 3.63) is 64.7 Å². The Morgan fingerprint density at radius 1 is 1.10 bits per heavy atom. The summed E-state index contributed by atoms with van der Waals surface area (Å²) in [6, 6.07) is 15.5. The molecule has 0 saturated heterocycles. The molecule has 0 saturated carbocycles. The number of ether oxygens (including phenoxy) is 1. The summed E-state index contributed by atoms with van der Waals surface area (Å²) in [6.45, 7) is 6.38. The number of nitrogens with zero attached hydrogens (tertiary/aromatic N) is 2. The van der Waals surface area contributed by atoms with Crippen LogP contribution in [0, 0.1) is 0 Å². The van der Waals surface area contributed by atoms with E-state index in [0.29, 0.717) is 15.9 Å². The van der Waals surface area contributed by atoms with Gasteiger partial charge in [0.15, 0.2) is 10.9 Å². The van der Waals surface area contributed by atoms with E-state index in [1.165, 1.54) is 16.9 Å². The number of amides is 1. The number of benzene rings is 2. The van der Waals surface area contributed by atoms with Crippen LogP contribution in [-0.2, 0) is 16.0 Å². The highest BCUT2D eigenvalue weighted by Gasteiger charge is 2.14. The van der Waals surface area contributed by atoms with Crippen LogP contribution in [0.2, 0.25) is 5.02 Å². The van der Waals surface area contributed by atoms with E-state index in [2.05, 4.69) is 36.3 Å². The lowest BCUT2D eigenvalue weighted by Crippen LogP contribution is -2.20. The van der Waals surface area contributed by atoms with Crippen LogP contribution in [0.1, 0.15) is 31.9 Å². The minimum atomic E-state index is -0.268. The predicted molar refractivity (Wildman–Crippen MR) is 120 cm³/mol. The Kier molecular flexibility index (Phi) is 7.16. The highest BCUT2D eigenvalue weighted by Crippen LogP contribution is 2.29. The Balaban J connectivity index is 1.45. The molecule has 0 spiro atoms. The lowest BCUT2D eigenvalue weighted by Gasteiger charge is -2.19. The number of hydrogen-bond donors (Lipinski definition) is 1. The monoisotopic (exact) mass is 447 g/mol. The van der Waals surface area contributed by atoms with E-state index in [-0.39, 0.29) is 17.9 Å². The van der Waals surface area contributed by atoms with E-state index in [4.69, 9.17) is 16.3 Å².